The van der Waals surface area contributed by atoms with Crippen molar-refractivity contribution >= 4 is 11.6 Å². The van der Waals surface area contributed by atoms with Crippen LogP contribution in [0.25, 0.3) is 0 Å². The molecule has 26 heavy (non-hydrogen) atoms. The molecular weight excluding hydrogens is 324 g/mol. The number of rotatable bonds is 6. The molecule has 4 nitrogen and oxygen atoms in total. The predicted molar refractivity (Wildman–Crippen MR) is 104 cm³/mol. The quantitative estimate of drug-likeness (QED) is 0.773. The van der Waals surface area contributed by atoms with Gasteiger partial charge >= 0.3 is 0 Å². The average Bonchev–Trinajstić information content (AvgIpc) is 2.98. The molecule has 1 aliphatic rings. The Kier molecular flexibility index (Phi) is 5.40. The minimum atomic E-state index is -0.303. The second-order valence-corrected chi connectivity index (χ2v) is 7.31. The predicted octanol–water partition coefficient (Wildman–Crippen LogP) is 4.43. The lowest BCUT2D eigenvalue weighted by molar-refractivity contribution is -0.135. The van der Waals surface area contributed by atoms with Crippen molar-refractivity contribution in [2.45, 2.75) is 45.1 Å². The minimum absolute atomic E-state index is 0.0869. The summed E-state index contributed by atoms with van der Waals surface area (Å²) in [5.74, 6) is 0.888. The third-order valence-electron chi connectivity index (χ3n) is 4.73. The molecule has 1 aliphatic heterocycles. The largest absolute Gasteiger partial charge is 0.497 e. The highest BCUT2D eigenvalue weighted by atomic mass is 16.5. The molecule has 136 valence electrons. The number of aryl methyl sites for hydroxylation is 1. The van der Waals surface area contributed by atoms with E-state index < -0.39 is 0 Å². The van der Waals surface area contributed by atoms with E-state index in [1.54, 1.807) is 12.1 Å². The Morgan fingerprint density at radius 1 is 1.15 bits per heavy atom. The monoisotopic (exact) mass is 350 g/mol. The van der Waals surface area contributed by atoms with Crippen molar-refractivity contribution in [2.75, 3.05) is 7.11 Å². The molecule has 1 heterocycles. The molecule has 0 bridgehead atoms. The molecule has 0 fully saturated rings. The van der Waals surface area contributed by atoms with Crippen LogP contribution >= 0.6 is 0 Å². The number of nitrogens with zero attached hydrogens (tertiary/aromatic N) is 2. The molecule has 0 aliphatic carbocycles. The first kappa shape index (κ1) is 18.2. The Balaban J connectivity index is 1.67. The van der Waals surface area contributed by atoms with Gasteiger partial charge in [-0.2, -0.15) is 5.10 Å². The number of methoxy groups -OCH3 is 1. The van der Waals surface area contributed by atoms with Gasteiger partial charge in [-0.1, -0.05) is 42.5 Å². The fourth-order valence-corrected chi connectivity index (χ4v) is 3.33. The van der Waals surface area contributed by atoms with Crippen molar-refractivity contribution < 1.29 is 9.53 Å². The van der Waals surface area contributed by atoms with Crippen molar-refractivity contribution in [3.63, 3.8) is 0 Å². The smallest absolute Gasteiger partial charge is 0.243 e. The number of carbonyl (C=O) groups is 1. The molecule has 3 rings (SSSR count). The summed E-state index contributed by atoms with van der Waals surface area (Å²) in [6.07, 6.45) is 2.99. The summed E-state index contributed by atoms with van der Waals surface area (Å²) in [7, 11) is 1.65. The number of ether oxygens (including phenoxy) is 1. The molecule has 0 atom stereocenters. The van der Waals surface area contributed by atoms with Crippen LogP contribution in [0.5, 0.6) is 5.75 Å². The summed E-state index contributed by atoms with van der Waals surface area (Å²) in [6, 6.07) is 18.1. The Labute approximate surface area is 155 Å². The topological polar surface area (TPSA) is 41.9 Å². The summed E-state index contributed by atoms with van der Waals surface area (Å²) in [5, 5.41) is 6.33. The zero-order valence-corrected chi connectivity index (χ0v) is 15.7. The van der Waals surface area contributed by atoms with Crippen LogP contribution in [-0.2, 0) is 11.2 Å². The number of hydrazone groups is 1. The summed E-state index contributed by atoms with van der Waals surface area (Å²) in [5.41, 5.74) is 2.91. The molecule has 1 amide bonds. The number of hydrogen-bond donors (Lipinski definition) is 0. The van der Waals surface area contributed by atoms with Gasteiger partial charge in [0.1, 0.15) is 5.75 Å². The van der Waals surface area contributed by atoms with E-state index in [0.29, 0.717) is 6.42 Å². The van der Waals surface area contributed by atoms with E-state index in [0.717, 1.165) is 36.3 Å². The summed E-state index contributed by atoms with van der Waals surface area (Å²) in [6.45, 7) is 4.14. The Bertz CT molecular complexity index is 797. The van der Waals surface area contributed by atoms with Crippen LogP contribution in [0.2, 0.25) is 0 Å². The first-order chi connectivity index (χ1) is 12.5. The van der Waals surface area contributed by atoms with E-state index in [9.17, 15) is 4.79 Å². The van der Waals surface area contributed by atoms with Gasteiger partial charge in [0.05, 0.1) is 18.4 Å². The normalized spacial score (nSPS) is 15.7. The van der Waals surface area contributed by atoms with E-state index in [4.69, 9.17) is 4.74 Å². The Morgan fingerprint density at radius 2 is 1.92 bits per heavy atom. The lowest BCUT2D eigenvalue weighted by Gasteiger charge is -2.28. The fraction of sp³-hybridized carbons (Fsp3) is 0.364. The maximum Gasteiger partial charge on any atom is 0.243 e. The van der Waals surface area contributed by atoms with Crippen LogP contribution in [0.3, 0.4) is 0 Å². The molecule has 2 aromatic carbocycles. The van der Waals surface area contributed by atoms with E-state index in [2.05, 4.69) is 31.1 Å². The number of hydrogen-bond acceptors (Lipinski definition) is 3. The number of carbonyl (C=O) groups excluding carboxylic acids is 1. The Hall–Kier alpha value is -2.62. The van der Waals surface area contributed by atoms with Gasteiger partial charge in [-0.15, -0.1) is 0 Å². The van der Waals surface area contributed by atoms with E-state index in [-0.39, 0.29) is 11.4 Å². The molecule has 0 saturated heterocycles. The van der Waals surface area contributed by atoms with Crippen LogP contribution in [0, 0.1) is 0 Å². The molecule has 0 radical (unpaired) electrons. The van der Waals surface area contributed by atoms with Gasteiger partial charge in [0.25, 0.3) is 0 Å². The van der Waals surface area contributed by atoms with Crippen molar-refractivity contribution in [1.29, 1.82) is 0 Å². The number of benzene rings is 2. The summed E-state index contributed by atoms with van der Waals surface area (Å²) < 4.78 is 5.30. The van der Waals surface area contributed by atoms with Gasteiger partial charge in [0.2, 0.25) is 5.91 Å². The van der Waals surface area contributed by atoms with Gasteiger partial charge in [-0.05, 0) is 44.4 Å². The van der Waals surface area contributed by atoms with Gasteiger partial charge in [-0.25, -0.2) is 5.01 Å². The third-order valence-corrected chi connectivity index (χ3v) is 4.73. The Morgan fingerprint density at radius 3 is 2.65 bits per heavy atom. The molecule has 0 aromatic heterocycles. The molecule has 0 spiro atoms. The van der Waals surface area contributed by atoms with E-state index in [1.165, 1.54) is 5.56 Å². The van der Waals surface area contributed by atoms with Crippen molar-refractivity contribution in [2.24, 2.45) is 5.10 Å². The maximum atomic E-state index is 12.7. The van der Waals surface area contributed by atoms with E-state index >= 15 is 0 Å². The first-order valence-corrected chi connectivity index (χ1v) is 9.08. The average molecular weight is 350 g/mol. The van der Waals surface area contributed by atoms with Crippen LogP contribution in [0.15, 0.2) is 59.7 Å². The van der Waals surface area contributed by atoms with Gasteiger partial charge < -0.3 is 4.74 Å². The van der Waals surface area contributed by atoms with Gasteiger partial charge in [-0.3, -0.25) is 4.79 Å². The summed E-state index contributed by atoms with van der Waals surface area (Å²) in [4.78, 5) is 12.7. The second-order valence-electron chi connectivity index (χ2n) is 7.31. The van der Waals surface area contributed by atoms with Crippen molar-refractivity contribution in [3.05, 3.63) is 65.7 Å². The SMILES string of the molecule is COc1cccc(C2=NN(C(=O)CCCc3ccccc3)C(C)(C)C2)c1. The minimum Gasteiger partial charge on any atom is -0.497 e. The van der Waals surface area contributed by atoms with E-state index in [1.807, 2.05) is 42.5 Å². The molecule has 0 N–H and O–H groups in total. The molecule has 0 saturated carbocycles. The standard InChI is InChI=1S/C22H26N2O2/c1-22(2)16-20(18-12-8-13-19(15-18)26-3)23-24(22)21(25)14-7-11-17-9-5-4-6-10-17/h4-6,8-10,12-13,15H,7,11,14,16H2,1-3H3. The van der Waals surface area contributed by atoms with Gasteiger partial charge in [0, 0.05) is 18.4 Å². The molecular formula is C22H26N2O2. The van der Waals surface area contributed by atoms with Gasteiger partial charge in [0.15, 0.2) is 0 Å². The maximum absolute atomic E-state index is 12.7. The lowest BCUT2D eigenvalue weighted by Crippen LogP contribution is -2.40. The van der Waals surface area contributed by atoms with Crippen LogP contribution in [0.4, 0.5) is 0 Å². The number of amides is 1. The van der Waals surface area contributed by atoms with Crippen molar-refractivity contribution in [1.82, 2.24) is 5.01 Å². The van der Waals surface area contributed by atoms with Crippen LogP contribution in [0.1, 0.15) is 44.2 Å². The summed E-state index contributed by atoms with van der Waals surface area (Å²) >= 11 is 0. The zero-order chi connectivity index (χ0) is 18.6. The molecule has 0 unspecified atom stereocenters. The highest BCUT2D eigenvalue weighted by Crippen LogP contribution is 2.31. The van der Waals surface area contributed by atoms with Crippen molar-refractivity contribution in [3.8, 4) is 5.75 Å². The third kappa shape index (κ3) is 4.13. The second kappa shape index (κ2) is 7.73. The highest BCUT2D eigenvalue weighted by molar-refractivity contribution is 6.03. The zero-order valence-electron chi connectivity index (χ0n) is 15.7. The first-order valence-electron chi connectivity index (χ1n) is 9.08. The highest BCUT2D eigenvalue weighted by Gasteiger charge is 2.38. The van der Waals surface area contributed by atoms with Crippen LogP contribution in [-0.4, -0.2) is 29.3 Å². The van der Waals surface area contributed by atoms with Crippen LogP contribution < -0.4 is 4.74 Å². The fourth-order valence-electron chi connectivity index (χ4n) is 3.33. The lowest BCUT2D eigenvalue weighted by atomic mass is 9.94. The molecule has 4 heteroatoms. The molecule has 2 aromatic rings.